The Morgan fingerprint density at radius 3 is 1.54 bits per heavy atom. The maximum Gasteiger partial charge on any atom is 0.220 e. The molecule has 0 aliphatic carbocycles. The Bertz CT molecular complexity index is 1310. The van der Waals surface area contributed by atoms with Crippen molar-refractivity contribution in [3.63, 3.8) is 0 Å². The number of carbonyl (C=O) groups excluding carboxylic acids is 1. The van der Waals surface area contributed by atoms with Gasteiger partial charge in [0.2, 0.25) is 5.91 Å². The standard InChI is InChI=1S/C46H83NO18/c1-3-5-7-9-11-13-14-16-17-19-21-23-30(51)29(47-34(52)24-22-20-18-15-12-10-8-6-4-2)28-60-44-40(58)37(55)42(32(26-49)62-44)65-46-41(59)38(56)43(33(27-50)63-46)64-45-39(57)36(54)35(53)31(25-48)61-45/h14,16,21,23,29-33,35-46,48-51,53-59H,3-13,15,17-20,22,24-28H2,1-2H3,(H,47,52)/b16-14+,23-21+. The minimum atomic E-state index is -1.98. The molecule has 65 heavy (non-hydrogen) atoms. The fourth-order valence-corrected chi connectivity index (χ4v) is 8.14. The SMILES string of the molecule is CCCCCCC/C=C/CC/C=C/C(O)C(COC1OC(CO)C(OC2OC(CO)C(OC3OC(CO)C(O)C(O)C3O)C(O)C2O)C(O)C1O)NC(=O)CCCCCCCCCCC. The number of ether oxygens (including phenoxy) is 6. The largest absolute Gasteiger partial charge is 0.394 e. The molecule has 0 bridgehead atoms. The summed E-state index contributed by atoms with van der Waals surface area (Å²) in [6, 6.07) is -0.980. The molecule has 0 radical (unpaired) electrons. The van der Waals surface area contributed by atoms with E-state index in [1.165, 1.54) is 57.8 Å². The summed E-state index contributed by atoms with van der Waals surface area (Å²) in [5.41, 5.74) is 0. The van der Waals surface area contributed by atoms with Gasteiger partial charge in [-0.25, -0.2) is 0 Å². The normalized spacial score (nSPS) is 34.3. The molecular weight excluding hydrogens is 854 g/mol. The van der Waals surface area contributed by atoms with Crippen LogP contribution in [0.1, 0.15) is 129 Å². The van der Waals surface area contributed by atoms with Gasteiger partial charge in [0.05, 0.1) is 38.6 Å². The highest BCUT2D eigenvalue weighted by Gasteiger charge is 2.53. The van der Waals surface area contributed by atoms with Crippen LogP contribution >= 0.6 is 0 Å². The number of allylic oxidation sites excluding steroid dienone is 3. The minimum Gasteiger partial charge on any atom is -0.394 e. The predicted molar refractivity (Wildman–Crippen MR) is 236 cm³/mol. The molecular formula is C46H83NO18. The maximum atomic E-state index is 13.1. The van der Waals surface area contributed by atoms with Crippen molar-refractivity contribution < 1.29 is 89.4 Å². The molecule has 19 nitrogen and oxygen atoms in total. The van der Waals surface area contributed by atoms with E-state index in [0.29, 0.717) is 12.8 Å². The molecule has 3 fully saturated rings. The topological polar surface area (TPSA) is 307 Å². The van der Waals surface area contributed by atoms with Crippen molar-refractivity contribution in [2.75, 3.05) is 26.4 Å². The summed E-state index contributed by atoms with van der Waals surface area (Å²) >= 11 is 0. The summed E-state index contributed by atoms with van der Waals surface area (Å²) in [5.74, 6) is -0.294. The van der Waals surface area contributed by atoms with Gasteiger partial charge in [0.25, 0.3) is 0 Å². The predicted octanol–water partition coefficient (Wildman–Crippen LogP) is 0.471. The number of unbranched alkanes of at least 4 members (excludes halogenated alkanes) is 14. The first kappa shape index (κ1) is 57.6. The molecule has 19 heteroatoms. The Labute approximate surface area is 384 Å². The Balaban J connectivity index is 1.61. The highest BCUT2D eigenvalue weighted by atomic mass is 16.8. The van der Waals surface area contributed by atoms with Crippen LogP contribution in [0, 0.1) is 0 Å². The lowest BCUT2D eigenvalue weighted by Crippen LogP contribution is -2.66. The first-order valence-electron chi connectivity index (χ1n) is 24.1. The zero-order chi connectivity index (χ0) is 47.7. The van der Waals surface area contributed by atoms with Crippen LogP contribution in [0.25, 0.3) is 0 Å². The summed E-state index contributed by atoms with van der Waals surface area (Å²) in [6.07, 6.45) is -0.686. The summed E-state index contributed by atoms with van der Waals surface area (Å²) in [4.78, 5) is 13.1. The summed E-state index contributed by atoms with van der Waals surface area (Å²) < 4.78 is 34.0. The van der Waals surface area contributed by atoms with E-state index < -0.39 is 124 Å². The quantitative estimate of drug-likeness (QED) is 0.0322. The van der Waals surface area contributed by atoms with Crippen LogP contribution in [0.5, 0.6) is 0 Å². The lowest BCUT2D eigenvalue weighted by Gasteiger charge is -2.48. The third-order valence-corrected chi connectivity index (χ3v) is 12.3. The number of aliphatic hydroxyl groups is 11. The molecule has 0 saturated carbocycles. The molecule has 3 saturated heterocycles. The lowest BCUT2D eigenvalue weighted by atomic mass is 9.96. The van der Waals surface area contributed by atoms with Crippen LogP contribution in [-0.2, 0) is 33.2 Å². The van der Waals surface area contributed by atoms with E-state index in [9.17, 15) is 61.0 Å². The summed E-state index contributed by atoms with van der Waals surface area (Å²) in [7, 11) is 0. The summed E-state index contributed by atoms with van der Waals surface area (Å²) in [5, 5.41) is 119. The maximum absolute atomic E-state index is 13.1. The number of nitrogens with one attached hydrogen (secondary N) is 1. The molecule has 12 N–H and O–H groups in total. The van der Waals surface area contributed by atoms with Gasteiger partial charge in [-0.15, -0.1) is 0 Å². The van der Waals surface area contributed by atoms with Crippen molar-refractivity contribution in [1.82, 2.24) is 5.32 Å². The van der Waals surface area contributed by atoms with Crippen LogP contribution in [-0.4, -0.2) is 193 Å². The lowest BCUT2D eigenvalue weighted by molar-refractivity contribution is -0.379. The van der Waals surface area contributed by atoms with Gasteiger partial charge in [0, 0.05) is 6.42 Å². The van der Waals surface area contributed by atoms with E-state index in [1.54, 1.807) is 6.08 Å². The monoisotopic (exact) mass is 938 g/mol. The second-order valence-corrected chi connectivity index (χ2v) is 17.6. The van der Waals surface area contributed by atoms with Gasteiger partial charge in [-0.2, -0.15) is 0 Å². The van der Waals surface area contributed by atoms with Crippen LogP contribution in [0.2, 0.25) is 0 Å². The first-order chi connectivity index (χ1) is 31.3. The second-order valence-electron chi connectivity index (χ2n) is 17.6. The Morgan fingerprint density at radius 1 is 0.538 bits per heavy atom. The van der Waals surface area contributed by atoms with E-state index in [-0.39, 0.29) is 18.9 Å². The number of rotatable bonds is 32. The molecule has 17 unspecified atom stereocenters. The Kier molecular flexibility index (Phi) is 28.5. The number of amides is 1. The van der Waals surface area contributed by atoms with Gasteiger partial charge in [-0.3, -0.25) is 4.79 Å². The zero-order valence-electron chi connectivity index (χ0n) is 38.5. The molecule has 3 aliphatic rings. The third kappa shape index (κ3) is 18.9. The molecule has 0 aromatic rings. The van der Waals surface area contributed by atoms with Crippen molar-refractivity contribution >= 4 is 5.91 Å². The van der Waals surface area contributed by atoms with E-state index in [4.69, 9.17) is 28.4 Å². The van der Waals surface area contributed by atoms with Crippen molar-refractivity contribution in [2.24, 2.45) is 0 Å². The molecule has 1 amide bonds. The molecule has 17 atom stereocenters. The van der Waals surface area contributed by atoms with Crippen LogP contribution in [0.15, 0.2) is 24.3 Å². The van der Waals surface area contributed by atoms with Crippen molar-refractivity contribution in [1.29, 1.82) is 0 Å². The number of hydrogen-bond acceptors (Lipinski definition) is 18. The fraction of sp³-hybridized carbons (Fsp3) is 0.891. The van der Waals surface area contributed by atoms with Gasteiger partial charge in [0.1, 0.15) is 73.2 Å². The van der Waals surface area contributed by atoms with Gasteiger partial charge >= 0.3 is 0 Å². The Hall–Kier alpha value is -1.73. The van der Waals surface area contributed by atoms with Crippen LogP contribution < -0.4 is 5.32 Å². The van der Waals surface area contributed by atoms with Crippen molar-refractivity contribution in [2.45, 2.75) is 234 Å². The van der Waals surface area contributed by atoms with Gasteiger partial charge < -0.3 is 89.9 Å². The molecule has 0 spiro atoms. The van der Waals surface area contributed by atoms with Gasteiger partial charge in [0.15, 0.2) is 18.9 Å². The molecule has 0 aromatic heterocycles. The highest BCUT2D eigenvalue weighted by Crippen LogP contribution is 2.33. The molecule has 3 aliphatic heterocycles. The second kappa shape index (κ2) is 32.2. The average Bonchev–Trinajstić information content (AvgIpc) is 3.30. The van der Waals surface area contributed by atoms with Crippen molar-refractivity contribution in [3.8, 4) is 0 Å². The van der Waals surface area contributed by atoms with E-state index in [2.05, 4.69) is 31.3 Å². The van der Waals surface area contributed by atoms with Crippen molar-refractivity contribution in [3.05, 3.63) is 24.3 Å². The highest BCUT2D eigenvalue weighted by molar-refractivity contribution is 5.76. The van der Waals surface area contributed by atoms with Gasteiger partial charge in [-0.1, -0.05) is 115 Å². The fourth-order valence-electron chi connectivity index (χ4n) is 8.14. The average molecular weight is 938 g/mol. The Morgan fingerprint density at radius 2 is 0.985 bits per heavy atom. The summed E-state index contributed by atoms with van der Waals surface area (Å²) in [6.45, 7) is 1.59. The van der Waals surface area contributed by atoms with Crippen LogP contribution in [0.3, 0.4) is 0 Å². The molecule has 3 heterocycles. The molecule has 3 rings (SSSR count). The van der Waals surface area contributed by atoms with E-state index in [1.807, 2.05) is 6.08 Å². The van der Waals surface area contributed by atoms with Gasteiger partial charge in [-0.05, 0) is 32.1 Å². The number of aliphatic hydroxyl groups excluding tert-OH is 11. The first-order valence-corrected chi connectivity index (χ1v) is 24.1. The van der Waals surface area contributed by atoms with Crippen LogP contribution in [0.4, 0.5) is 0 Å². The smallest absolute Gasteiger partial charge is 0.220 e. The van der Waals surface area contributed by atoms with E-state index >= 15 is 0 Å². The minimum absolute atomic E-state index is 0.237. The number of carbonyl (C=O) groups is 1. The molecule has 380 valence electrons. The third-order valence-electron chi connectivity index (χ3n) is 12.3. The molecule has 0 aromatic carbocycles. The van der Waals surface area contributed by atoms with E-state index in [0.717, 1.165) is 38.5 Å². The zero-order valence-corrected chi connectivity index (χ0v) is 38.5. The number of hydrogen-bond donors (Lipinski definition) is 12.